The third kappa shape index (κ3) is 4.69. The Balaban J connectivity index is 1.96. The number of carbonyl (C=O) groups is 2. The van der Waals surface area contributed by atoms with Gasteiger partial charge in [-0.15, -0.1) is 0 Å². The van der Waals surface area contributed by atoms with Crippen molar-refractivity contribution >= 4 is 11.9 Å². The zero-order valence-corrected chi connectivity index (χ0v) is 13.5. The SMILES string of the molecule is COc1ccc(CC(C)C(=O)NC2(CC(=O)O)CCOC2)cc1. The fraction of sp³-hybridized carbons (Fsp3) is 0.529. The molecule has 0 aromatic heterocycles. The fourth-order valence-electron chi connectivity index (χ4n) is 2.77. The lowest BCUT2D eigenvalue weighted by molar-refractivity contribution is -0.139. The summed E-state index contributed by atoms with van der Waals surface area (Å²) in [6.07, 6.45) is 0.994. The number of carbonyl (C=O) groups excluding carboxylic acids is 1. The fourth-order valence-corrected chi connectivity index (χ4v) is 2.77. The van der Waals surface area contributed by atoms with Crippen LogP contribution in [-0.2, 0) is 20.7 Å². The van der Waals surface area contributed by atoms with Gasteiger partial charge in [0.2, 0.25) is 5.91 Å². The molecular formula is C17H23NO5. The lowest BCUT2D eigenvalue weighted by atomic mass is 9.92. The first-order chi connectivity index (χ1) is 10.9. The summed E-state index contributed by atoms with van der Waals surface area (Å²) in [6.45, 7) is 2.56. The Morgan fingerprint density at radius 2 is 2.09 bits per heavy atom. The normalized spacial score (nSPS) is 21.7. The van der Waals surface area contributed by atoms with Crippen LogP contribution < -0.4 is 10.1 Å². The molecule has 1 amide bonds. The van der Waals surface area contributed by atoms with Crippen LogP contribution in [0, 0.1) is 5.92 Å². The van der Waals surface area contributed by atoms with Gasteiger partial charge in [-0.25, -0.2) is 0 Å². The Bertz CT molecular complexity index is 549. The Labute approximate surface area is 135 Å². The first-order valence-electron chi connectivity index (χ1n) is 7.68. The molecule has 2 unspecified atom stereocenters. The second-order valence-electron chi connectivity index (χ2n) is 6.10. The van der Waals surface area contributed by atoms with Gasteiger partial charge in [0.25, 0.3) is 0 Å². The van der Waals surface area contributed by atoms with E-state index in [0.717, 1.165) is 11.3 Å². The summed E-state index contributed by atoms with van der Waals surface area (Å²) in [4.78, 5) is 23.5. The van der Waals surface area contributed by atoms with Crippen LogP contribution in [0.1, 0.15) is 25.3 Å². The number of hydrogen-bond donors (Lipinski definition) is 2. The molecule has 0 saturated carbocycles. The first-order valence-corrected chi connectivity index (χ1v) is 7.68. The molecule has 1 aliphatic heterocycles. The topological polar surface area (TPSA) is 84.9 Å². The standard InChI is InChI=1S/C17H23NO5/c1-12(9-13-3-5-14(22-2)6-4-13)16(21)18-17(10-15(19)20)7-8-23-11-17/h3-6,12H,7-11H2,1-2H3,(H,18,21)(H,19,20). The maximum absolute atomic E-state index is 12.4. The second-order valence-corrected chi connectivity index (χ2v) is 6.10. The van der Waals surface area contributed by atoms with Gasteiger partial charge in [0.15, 0.2) is 0 Å². The van der Waals surface area contributed by atoms with Gasteiger partial charge >= 0.3 is 5.97 Å². The van der Waals surface area contributed by atoms with E-state index in [2.05, 4.69) is 5.32 Å². The zero-order valence-electron chi connectivity index (χ0n) is 13.5. The maximum Gasteiger partial charge on any atom is 0.305 e. The van der Waals surface area contributed by atoms with Gasteiger partial charge in [0.1, 0.15) is 5.75 Å². The second kappa shape index (κ2) is 7.46. The van der Waals surface area contributed by atoms with Crippen molar-refractivity contribution in [2.75, 3.05) is 20.3 Å². The molecule has 0 spiro atoms. The maximum atomic E-state index is 12.4. The summed E-state index contributed by atoms with van der Waals surface area (Å²) < 4.78 is 10.4. The van der Waals surface area contributed by atoms with Gasteiger partial charge in [0.05, 0.1) is 25.7 Å². The molecule has 1 heterocycles. The predicted molar refractivity (Wildman–Crippen MR) is 84.4 cm³/mol. The number of rotatable bonds is 7. The summed E-state index contributed by atoms with van der Waals surface area (Å²) in [5.41, 5.74) is 0.250. The van der Waals surface area contributed by atoms with Crippen molar-refractivity contribution in [2.45, 2.75) is 31.7 Å². The number of carboxylic acids is 1. The monoisotopic (exact) mass is 321 g/mol. The van der Waals surface area contributed by atoms with Crippen LogP contribution >= 0.6 is 0 Å². The van der Waals surface area contributed by atoms with Crippen molar-refractivity contribution in [1.29, 1.82) is 0 Å². The van der Waals surface area contributed by atoms with Crippen molar-refractivity contribution in [3.8, 4) is 5.75 Å². The molecule has 1 aliphatic rings. The molecule has 1 aromatic carbocycles. The average molecular weight is 321 g/mol. The molecule has 126 valence electrons. The molecule has 1 aromatic rings. The molecule has 1 fully saturated rings. The Hall–Kier alpha value is -2.08. The number of amides is 1. The molecule has 2 N–H and O–H groups in total. The van der Waals surface area contributed by atoms with Gasteiger partial charge in [-0.05, 0) is 30.5 Å². The van der Waals surface area contributed by atoms with E-state index in [9.17, 15) is 9.59 Å². The molecule has 23 heavy (non-hydrogen) atoms. The number of hydrogen-bond acceptors (Lipinski definition) is 4. The summed E-state index contributed by atoms with van der Waals surface area (Å²) >= 11 is 0. The zero-order chi connectivity index (χ0) is 16.9. The summed E-state index contributed by atoms with van der Waals surface area (Å²) in [6, 6.07) is 7.57. The molecule has 2 rings (SSSR count). The number of aliphatic carboxylic acids is 1. The number of methoxy groups -OCH3 is 1. The van der Waals surface area contributed by atoms with E-state index in [1.807, 2.05) is 31.2 Å². The average Bonchev–Trinajstić information content (AvgIpc) is 2.95. The highest BCUT2D eigenvalue weighted by Crippen LogP contribution is 2.24. The van der Waals surface area contributed by atoms with E-state index >= 15 is 0 Å². The molecule has 1 saturated heterocycles. The van der Waals surface area contributed by atoms with Gasteiger partial charge in [-0.2, -0.15) is 0 Å². The minimum atomic E-state index is -0.932. The minimum absolute atomic E-state index is 0.117. The highest BCUT2D eigenvalue weighted by Gasteiger charge is 2.39. The van der Waals surface area contributed by atoms with Crippen LogP contribution in [0.5, 0.6) is 5.75 Å². The van der Waals surface area contributed by atoms with E-state index in [4.69, 9.17) is 14.6 Å². The van der Waals surface area contributed by atoms with Gasteiger partial charge in [0, 0.05) is 12.5 Å². The smallest absolute Gasteiger partial charge is 0.305 e. The van der Waals surface area contributed by atoms with Crippen LogP contribution in [0.25, 0.3) is 0 Å². The van der Waals surface area contributed by atoms with Crippen LogP contribution in [-0.4, -0.2) is 42.8 Å². The van der Waals surface area contributed by atoms with Crippen LogP contribution in [0.2, 0.25) is 0 Å². The van der Waals surface area contributed by atoms with E-state index in [1.165, 1.54) is 0 Å². The van der Waals surface area contributed by atoms with Crippen molar-refractivity contribution in [2.24, 2.45) is 5.92 Å². The largest absolute Gasteiger partial charge is 0.497 e. The molecule has 0 bridgehead atoms. The highest BCUT2D eigenvalue weighted by atomic mass is 16.5. The van der Waals surface area contributed by atoms with Crippen molar-refractivity contribution < 1.29 is 24.2 Å². The number of nitrogens with one attached hydrogen (secondary N) is 1. The summed E-state index contributed by atoms with van der Waals surface area (Å²) in [7, 11) is 1.61. The van der Waals surface area contributed by atoms with Crippen molar-refractivity contribution in [3.63, 3.8) is 0 Å². The number of benzene rings is 1. The van der Waals surface area contributed by atoms with E-state index in [1.54, 1.807) is 7.11 Å². The third-order valence-electron chi connectivity index (χ3n) is 4.13. The lowest BCUT2D eigenvalue weighted by Crippen LogP contribution is -2.52. The number of carboxylic acid groups (broad SMARTS) is 1. The van der Waals surface area contributed by atoms with Gasteiger partial charge in [-0.3, -0.25) is 9.59 Å². The molecular weight excluding hydrogens is 298 g/mol. The highest BCUT2D eigenvalue weighted by molar-refractivity contribution is 5.80. The Morgan fingerprint density at radius 1 is 1.39 bits per heavy atom. The minimum Gasteiger partial charge on any atom is -0.497 e. The Kier molecular flexibility index (Phi) is 5.60. The first kappa shape index (κ1) is 17.3. The van der Waals surface area contributed by atoms with Crippen LogP contribution in [0.4, 0.5) is 0 Å². The molecule has 0 radical (unpaired) electrons. The van der Waals surface area contributed by atoms with E-state index < -0.39 is 11.5 Å². The summed E-state index contributed by atoms with van der Waals surface area (Å²) in [5, 5.41) is 12.0. The molecule has 6 heteroatoms. The predicted octanol–water partition coefficient (Wildman–Crippen LogP) is 1.62. The quantitative estimate of drug-likeness (QED) is 0.797. The third-order valence-corrected chi connectivity index (χ3v) is 4.13. The molecule has 2 atom stereocenters. The molecule has 0 aliphatic carbocycles. The summed E-state index contributed by atoms with van der Waals surface area (Å²) in [5.74, 6) is -0.560. The van der Waals surface area contributed by atoms with E-state index in [-0.39, 0.29) is 24.9 Å². The Morgan fingerprint density at radius 3 is 2.61 bits per heavy atom. The van der Waals surface area contributed by atoms with Gasteiger partial charge < -0.3 is 19.9 Å². The number of ether oxygens (including phenoxy) is 2. The van der Waals surface area contributed by atoms with E-state index in [0.29, 0.717) is 19.4 Å². The van der Waals surface area contributed by atoms with Crippen LogP contribution in [0.15, 0.2) is 24.3 Å². The van der Waals surface area contributed by atoms with Crippen LogP contribution in [0.3, 0.4) is 0 Å². The lowest BCUT2D eigenvalue weighted by Gasteiger charge is -2.28. The molecule has 6 nitrogen and oxygen atoms in total. The van der Waals surface area contributed by atoms with Crippen molar-refractivity contribution in [3.05, 3.63) is 29.8 Å². The van der Waals surface area contributed by atoms with Crippen molar-refractivity contribution in [1.82, 2.24) is 5.32 Å². The van der Waals surface area contributed by atoms with Gasteiger partial charge in [-0.1, -0.05) is 19.1 Å².